The molecule has 0 unspecified atom stereocenters. The molecule has 1 aromatic heterocycles. The number of hydrogen-bond donors (Lipinski definition) is 0. The van der Waals surface area contributed by atoms with Crippen LogP contribution in [0.5, 0.6) is 0 Å². The van der Waals surface area contributed by atoms with Gasteiger partial charge < -0.3 is 9.80 Å². The zero-order chi connectivity index (χ0) is 17.5. The largest absolute Gasteiger partial charge is 0.324 e. The summed E-state index contributed by atoms with van der Waals surface area (Å²) in [5, 5.41) is 14.4. The molecule has 8 nitrogen and oxygen atoms in total. The van der Waals surface area contributed by atoms with Crippen LogP contribution < -0.4 is 0 Å². The molecule has 0 saturated carbocycles. The average Bonchev–Trinajstić information content (AvgIpc) is 2.53. The lowest BCUT2D eigenvalue weighted by Crippen LogP contribution is -2.58. The van der Waals surface area contributed by atoms with E-state index in [1.165, 1.54) is 0 Å². The fraction of sp³-hybridized carbons (Fsp3) is 0.600. The molecule has 1 aromatic rings. The van der Waals surface area contributed by atoms with Gasteiger partial charge in [0.2, 0.25) is 0 Å². The molecular weight excluding hydrogens is 332 g/mol. The van der Waals surface area contributed by atoms with Crippen molar-refractivity contribution < 1.29 is 5.03 Å². The van der Waals surface area contributed by atoms with Crippen LogP contribution in [-0.4, -0.2) is 57.1 Å². The van der Waals surface area contributed by atoms with Crippen molar-refractivity contribution in [1.29, 1.82) is 0 Å². The highest BCUT2D eigenvalue weighted by Gasteiger charge is 2.30. The summed E-state index contributed by atoms with van der Waals surface area (Å²) >= 11 is 5.83. The second-order valence-corrected chi connectivity index (χ2v) is 6.15. The molecule has 0 atom stereocenters. The molecule has 2 heterocycles. The van der Waals surface area contributed by atoms with E-state index in [0.717, 1.165) is 31.5 Å². The van der Waals surface area contributed by atoms with Gasteiger partial charge in [-0.15, -0.1) is 0 Å². The SMILES string of the molecule is CCCN1CN(CCC)/C(=N/[N+](=O)[O-])N(Cc2ccc(Cl)nc2)C1. The molecule has 0 radical (unpaired) electrons. The Labute approximate surface area is 146 Å². The molecule has 0 bridgehead atoms. The smallest absolute Gasteiger partial charge is 0.276 e. The fourth-order valence-electron chi connectivity index (χ4n) is 2.79. The van der Waals surface area contributed by atoms with E-state index in [4.69, 9.17) is 11.6 Å². The van der Waals surface area contributed by atoms with Crippen LogP contribution in [0.2, 0.25) is 5.15 Å². The molecule has 0 amide bonds. The Morgan fingerprint density at radius 2 is 1.96 bits per heavy atom. The lowest BCUT2D eigenvalue weighted by atomic mass is 10.2. The van der Waals surface area contributed by atoms with Gasteiger partial charge in [-0.3, -0.25) is 4.90 Å². The zero-order valence-electron chi connectivity index (χ0n) is 14.1. The molecule has 9 heteroatoms. The molecule has 0 N–H and O–H groups in total. The van der Waals surface area contributed by atoms with E-state index < -0.39 is 5.03 Å². The third kappa shape index (κ3) is 5.04. The zero-order valence-corrected chi connectivity index (χ0v) is 14.8. The van der Waals surface area contributed by atoms with Crippen LogP contribution in [0.15, 0.2) is 23.4 Å². The monoisotopic (exact) mass is 354 g/mol. The molecule has 1 saturated heterocycles. The van der Waals surface area contributed by atoms with Gasteiger partial charge in [0.15, 0.2) is 5.03 Å². The minimum atomic E-state index is -0.624. The summed E-state index contributed by atoms with van der Waals surface area (Å²) in [4.78, 5) is 21.2. The highest BCUT2D eigenvalue weighted by Crippen LogP contribution is 2.16. The van der Waals surface area contributed by atoms with Crippen molar-refractivity contribution in [2.24, 2.45) is 5.10 Å². The molecule has 0 aliphatic carbocycles. The number of halogens is 1. The number of hydrazone groups is 1. The topological polar surface area (TPSA) is 78.1 Å². The minimum absolute atomic E-state index is 0.407. The average molecular weight is 355 g/mol. The summed E-state index contributed by atoms with van der Waals surface area (Å²) in [6.07, 6.45) is 3.61. The Morgan fingerprint density at radius 3 is 2.54 bits per heavy atom. The first-order valence-electron chi connectivity index (χ1n) is 8.09. The van der Waals surface area contributed by atoms with E-state index in [2.05, 4.69) is 28.8 Å². The Morgan fingerprint density at radius 1 is 1.25 bits per heavy atom. The van der Waals surface area contributed by atoms with Gasteiger partial charge in [-0.25, -0.2) is 15.1 Å². The predicted molar refractivity (Wildman–Crippen MR) is 92.9 cm³/mol. The number of nitrogens with zero attached hydrogens (tertiary/aromatic N) is 6. The lowest BCUT2D eigenvalue weighted by molar-refractivity contribution is -0.486. The number of aromatic nitrogens is 1. The first-order valence-corrected chi connectivity index (χ1v) is 8.47. The van der Waals surface area contributed by atoms with Crippen LogP contribution in [0.4, 0.5) is 0 Å². The van der Waals surface area contributed by atoms with Crippen LogP contribution in [0.1, 0.15) is 32.3 Å². The summed E-state index contributed by atoms with van der Waals surface area (Å²) in [5.41, 5.74) is 0.935. The van der Waals surface area contributed by atoms with Crippen LogP contribution in [0.3, 0.4) is 0 Å². The third-order valence-corrected chi connectivity index (χ3v) is 3.90. The standard InChI is InChI=1S/C15H23ClN6O2/c1-3-7-19-11-20(8-4-2)15(18-22(23)24)21(12-19)10-13-5-6-14(16)17-9-13/h5-6,9H,3-4,7-8,10-12H2,1-2H3/b18-15-. The van der Waals surface area contributed by atoms with Crippen molar-refractivity contribution in [3.05, 3.63) is 39.2 Å². The fourth-order valence-corrected chi connectivity index (χ4v) is 2.90. The maximum atomic E-state index is 11.0. The van der Waals surface area contributed by atoms with Crippen molar-refractivity contribution in [1.82, 2.24) is 19.7 Å². The summed E-state index contributed by atoms with van der Waals surface area (Å²) in [6, 6.07) is 3.60. The lowest BCUT2D eigenvalue weighted by Gasteiger charge is -2.43. The molecule has 24 heavy (non-hydrogen) atoms. The van der Waals surface area contributed by atoms with Gasteiger partial charge in [-0.2, -0.15) is 0 Å². The maximum Gasteiger partial charge on any atom is 0.276 e. The Balaban J connectivity index is 2.25. The summed E-state index contributed by atoms with van der Waals surface area (Å²) < 4.78 is 0. The van der Waals surface area contributed by atoms with Crippen molar-refractivity contribution in [3.8, 4) is 0 Å². The Bertz CT molecular complexity index is 580. The summed E-state index contributed by atoms with van der Waals surface area (Å²) in [5.74, 6) is 0.407. The van der Waals surface area contributed by atoms with E-state index in [1.54, 1.807) is 12.3 Å². The van der Waals surface area contributed by atoms with Gasteiger partial charge >= 0.3 is 0 Å². The van der Waals surface area contributed by atoms with Crippen molar-refractivity contribution in [2.75, 3.05) is 26.4 Å². The van der Waals surface area contributed by atoms with Crippen molar-refractivity contribution in [2.45, 2.75) is 33.2 Å². The van der Waals surface area contributed by atoms with Gasteiger partial charge in [-0.1, -0.05) is 31.5 Å². The normalized spacial score (nSPS) is 17.5. The Kier molecular flexibility index (Phi) is 6.74. The molecular formula is C15H23ClN6O2. The number of hydrogen-bond acceptors (Lipinski definition) is 4. The number of pyridine rings is 1. The van der Waals surface area contributed by atoms with Gasteiger partial charge in [-0.05, 0) is 24.5 Å². The van der Waals surface area contributed by atoms with E-state index in [-0.39, 0.29) is 0 Å². The third-order valence-electron chi connectivity index (χ3n) is 3.67. The number of guanidine groups is 1. The van der Waals surface area contributed by atoms with Crippen LogP contribution >= 0.6 is 11.6 Å². The predicted octanol–water partition coefficient (Wildman–Crippen LogP) is 2.44. The minimum Gasteiger partial charge on any atom is -0.324 e. The highest BCUT2D eigenvalue weighted by atomic mass is 35.5. The van der Waals surface area contributed by atoms with E-state index in [0.29, 0.717) is 31.0 Å². The molecule has 132 valence electrons. The molecule has 2 rings (SSSR count). The molecule has 1 aliphatic heterocycles. The second kappa shape index (κ2) is 8.79. The molecule has 1 aliphatic rings. The first kappa shape index (κ1) is 18.4. The van der Waals surface area contributed by atoms with Crippen molar-refractivity contribution in [3.63, 3.8) is 0 Å². The van der Waals surface area contributed by atoms with Crippen molar-refractivity contribution >= 4 is 17.6 Å². The molecule has 0 aromatic carbocycles. The Hall–Kier alpha value is -1.93. The van der Waals surface area contributed by atoms with Crippen LogP contribution in [0, 0.1) is 10.1 Å². The van der Waals surface area contributed by atoms with Gasteiger partial charge in [0.25, 0.3) is 5.96 Å². The van der Waals surface area contributed by atoms with E-state index in [9.17, 15) is 10.1 Å². The van der Waals surface area contributed by atoms with Crippen LogP contribution in [0.25, 0.3) is 0 Å². The molecule has 0 spiro atoms. The highest BCUT2D eigenvalue weighted by molar-refractivity contribution is 6.29. The van der Waals surface area contributed by atoms with E-state index >= 15 is 0 Å². The van der Waals surface area contributed by atoms with Gasteiger partial charge in [0.05, 0.1) is 13.3 Å². The molecule has 1 fully saturated rings. The summed E-state index contributed by atoms with van der Waals surface area (Å²) in [7, 11) is 0. The summed E-state index contributed by atoms with van der Waals surface area (Å²) in [6.45, 7) is 7.59. The quantitative estimate of drug-likeness (QED) is 0.425. The van der Waals surface area contributed by atoms with E-state index in [1.807, 2.05) is 15.9 Å². The van der Waals surface area contributed by atoms with Gasteiger partial charge in [0, 0.05) is 25.8 Å². The van der Waals surface area contributed by atoms with Crippen LogP contribution in [-0.2, 0) is 6.54 Å². The second-order valence-electron chi connectivity index (χ2n) is 5.77. The number of rotatable bonds is 7. The number of nitro groups is 1. The first-order chi connectivity index (χ1) is 11.5. The van der Waals surface area contributed by atoms with Gasteiger partial charge in [0.1, 0.15) is 10.3 Å². The maximum absolute atomic E-state index is 11.0.